The normalized spacial score (nSPS) is 17.3. The Labute approximate surface area is 166 Å². The molecule has 10 heteroatoms. The molecule has 3 heterocycles. The Hall–Kier alpha value is -1.81. The fourth-order valence-corrected chi connectivity index (χ4v) is 4.90. The van der Waals surface area contributed by atoms with E-state index >= 15 is 0 Å². The molecule has 0 saturated carbocycles. The molecule has 1 fully saturated rings. The average molecular weight is 424 g/mol. The van der Waals surface area contributed by atoms with Gasteiger partial charge in [0.1, 0.15) is 5.01 Å². The number of aromatic nitrogens is 4. The summed E-state index contributed by atoms with van der Waals surface area (Å²) in [6.45, 7) is 1.01. The molecule has 0 bridgehead atoms. The Balaban J connectivity index is 1.52. The van der Waals surface area contributed by atoms with Gasteiger partial charge in [-0.2, -0.15) is 9.61 Å². The summed E-state index contributed by atoms with van der Waals surface area (Å²) in [5.41, 5.74) is 1.04. The zero-order valence-electron chi connectivity index (χ0n) is 14.6. The second kappa shape index (κ2) is 7.31. The molecule has 142 valence electrons. The van der Waals surface area contributed by atoms with Gasteiger partial charge in [0.2, 0.25) is 15.0 Å². The van der Waals surface area contributed by atoms with E-state index in [1.54, 1.807) is 4.52 Å². The summed E-state index contributed by atoms with van der Waals surface area (Å²) in [4.78, 5) is 0.742. The predicted molar refractivity (Wildman–Crippen MR) is 107 cm³/mol. The van der Waals surface area contributed by atoms with Crippen LogP contribution in [0.2, 0.25) is 5.02 Å². The van der Waals surface area contributed by atoms with Gasteiger partial charge in [0.05, 0.1) is 6.26 Å². The highest BCUT2D eigenvalue weighted by Crippen LogP contribution is 2.29. The maximum absolute atomic E-state index is 11.7. The second-order valence-electron chi connectivity index (χ2n) is 6.51. The van der Waals surface area contributed by atoms with Gasteiger partial charge < -0.3 is 0 Å². The van der Waals surface area contributed by atoms with E-state index in [0.29, 0.717) is 18.1 Å². The minimum absolute atomic E-state index is 0.160. The van der Waals surface area contributed by atoms with E-state index in [2.05, 4.69) is 15.3 Å². The summed E-state index contributed by atoms with van der Waals surface area (Å²) in [5.74, 6) is 0.966. The van der Waals surface area contributed by atoms with Crippen LogP contribution in [0.15, 0.2) is 24.3 Å². The van der Waals surface area contributed by atoms with E-state index in [0.717, 1.165) is 34.2 Å². The van der Waals surface area contributed by atoms with Crippen LogP contribution in [-0.2, 0) is 10.0 Å². The molecule has 1 aliphatic rings. The van der Waals surface area contributed by atoms with Gasteiger partial charge in [0, 0.05) is 24.0 Å². The van der Waals surface area contributed by atoms with Gasteiger partial charge in [0.25, 0.3) is 0 Å². The lowest BCUT2D eigenvalue weighted by atomic mass is 9.97. The quantitative estimate of drug-likeness (QED) is 0.643. The Bertz CT molecular complexity index is 1080. The van der Waals surface area contributed by atoms with Crippen molar-refractivity contribution in [1.82, 2.24) is 24.1 Å². The zero-order valence-corrected chi connectivity index (χ0v) is 17.0. The number of hydrogen-bond acceptors (Lipinski definition) is 6. The van der Waals surface area contributed by atoms with Crippen LogP contribution in [0.1, 0.15) is 35.2 Å². The van der Waals surface area contributed by atoms with Gasteiger partial charge >= 0.3 is 0 Å². The van der Waals surface area contributed by atoms with Crippen LogP contribution in [0, 0.1) is 0 Å². The molecule has 27 heavy (non-hydrogen) atoms. The molecule has 2 aromatic heterocycles. The van der Waals surface area contributed by atoms with Crippen LogP contribution in [0.4, 0.5) is 0 Å². The molecule has 0 atom stereocenters. The highest BCUT2D eigenvalue weighted by Gasteiger charge is 2.29. The maximum Gasteiger partial charge on any atom is 0.234 e. The Morgan fingerprint density at radius 2 is 1.85 bits per heavy atom. The Morgan fingerprint density at radius 3 is 2.52 bits per heavy atom. The minimum atomic E-state index is -3.13. The standard InChI is InChI=1S/C17H18ClN5O2S2/c1-27(24,25)22-10-8-13(9-11-22)16-19-20-17-23(16)21-15(26-17)7-4-12-2-5-14(18)6-3-12/h2-7,13H,8-11H2,1H3. The van der Waals surface area contributed by atoms with E-state index in [1.807, 2.05) is 36.4 Å². The van der Waals surface area contributed by atoms with Crippen molar-refractivity contribution < 1.29 is 8.42 Å². The first-order valence-corrected chi connectivity index (χ1v) is 11.6. The molecule has 0 unspecified atom stereocenters. The van der Waals surface area contributed by atoms with E-state index in [1.165, 1.54) is 21.9 Å². The SMILES string of the molecule is CS(=O)(=O)N1CCC(c2nnc3sc(C=Cc4ccc(Cl)cc4)nn23)CC1. The minimum Gasteiger partial charge on any atom is -0.213 e. The van der Waals surface area contributed by atoms with Gasteiger partial charge in [-0.25, -0.2) is 12.7 Å². The molecule has 7 nitrogen and oxygen atoms in total. The number of benzene rings is 1. The molecule has 0 spiro atoms. The number of hydrogen-bond donors (Lipinski definition) is 0. The number of rotatable bonds is 4. The molecular formula is C17H18ClN5O2S2. The highest BCUT2D eigenvalue weighted by molar-refractivity contribution is 7.88. The van der Waals surface area contributed by atoms with E-state index in [9.17, 15) is 8.42 Å². The van der Waals surface area contributed by atoms with Crippen LogP contribution in [-0.4, -0.2) is 51.9 Å². The zero-order chi connectivity index (χ0) is 19.0. The monoisotopic (exact) mass is 423 g/mol. The summed E-state index contributed by atoms with van der Waals surface area (Å²) in [6.07, 6.45) is 6.62. The number of piperidine rings is 1. The van der Waals surface area contributed by atoms with Crippen molar-refractivity contribution in [3.05, 3.63) is 45.7 Å². The predicted octanol–water partition coefficient (Wildman–Crippen LogP) is 3.15. The lowest BCUT2D eigenvalue weighted by molar-refractivity contribution is 0.313. The van der Waals surface area contributed by atoms with E-state index in [-0.39, 0.29) is 5.92 Å². The second-order valence-corrected chi connectivity index (χ2v) is 9.92. The summed E-state index contributed by atoms with van der Waals surface area (Å²) in [6, 6.07) is 7.59. The van der Waals surface area contributed by atoms with Crippen molar-refractivity contribution in [3.63, 3.8) is 0 Å². The van der Waals surface area contributed by atoms with Crippen LogP contribution in [0.25, 0.3) is 17.1 Å². The fourth-order valence-electron chi connectivity index (χ4n) is 3.16. The topological polar surface area (TPSA) is 80.5 Å². The summed E-state index contributed by atoms with van der Waals surface area (Å²) in [5, 5.41) is 14.7. The van der Waals surface area contributed by atoms with Crippen molar-refractivity contribution >= 4 is 50.1 Å². The average Bonchev–Trinajstić information content (AvgIpc) is 3.21. The summed E-state index contributed by atoms with van der Waals surface area (Å²) >= 11 is 7.37. The molecule has 0 radical (unpaired) electrons. The van der Waals surface area contributed by atoms with Crippen LogP contribution < -0.4 is 0 Å². The number of halogens is 1. The lowest BCUT2D eigenvalue weighted by Gasteiger charge is -2.28. The third-order valence-corrected chi connectivity index (χ3v) is 7.03. The first kappa shape index (κ1) is 18.5. The molecule has 0 N–H and O–H groups in total. The molecule has 4 rings (SSSR count). The number of fused-ring (bicyclic) bond motifs is 1. The third kappa shape index (κ3) is 4.06. The van der Waals surface area contributed by atoms with Crippen LogP contribution in [0.3, 0.4) is 0 Å². The van der Waals surface area contributed by atoms with Crippen molar-refractivity contribution in [1.29, 1.82) is 0 Å². The molecule has 3 aromatic rings. The third-order valence-electron chi connectivity index (χ3n) is 4.61. The van der Waals surface area contributed by atoms with Crippen molar-refractivity contribution in [3.8, 4) is 0 Å². The summed E-state index contributed by atoms with van der Waals surface area (Å²) < 4.78 is 26.6. The van der Waals surface area contributed by atoms with Gasteiger partial charge in [-0.3, -0.25) is 0 Å². The molecule has 0 aliphatic carbocycles. The highest BCUT2D eigenvalue weighted by atomic mass is 35.5. The van der Waals surface area contributed by atoms with E-state index < -0.39 is 10.0 Å². The molecule has 0 amide bonds. The first-order chi connectivity index (χ1) is 12.9. The van der Waals surface area contributed by atoms with Gasteiger partial charge in [0.15, 0.2) is 5.82 Å². The van der Waals surface area contributed by atoms with Gasteiger partial charge in [-0.15, -0.1) is 10.2 Å². The summed E-state index contributed by atoms with van der Waals surface area (Å²) in [7, 11) is -3.13. The Kier molecular flexibility index (Phi) is 5.02. The van der Waals surface area contributed by atoms with Crippen LogP contribution >= 0.6 is 22.9 Å². The number of sulfonamides is 1. The lowest BCUT2D eigenvalue weighted by Crippen LogP contribution is -2.37. The maximum atomic E-state index is 11.7. The van der Waals surface area contributed by atoms with Crippen molar-refractivity contribution in [2.45, 2.75) is 18.8 Å². The Morgan fingerprint density at radius 1 is 1.15 bits per heavy atom. The van der Waals surface area contributed by atoms with Crippen LogP contribution in [0.5, 0.6) is 0 Å². The number of nitrogens with zero attached hydrogens (tertiary/aromatic N) is 5. The van der Waals surface area contributed by atoms with Gasteiger partial charge in [-0.1, -0.05) is 41.1 Å². The smallest absolute Gasteiger partial charge is 0.213 e. The van der Waals surface area contributed by atoms with Crippen molar-refractivity contribution in [2.75, 3.05) is 19.3 Å². The fraction of sp³-hybridized carbons (Fsp3) is 0.353. The molecule has 1 aromatic carbocycles. The van der Waals surface area contributed by atoms with E-state index in [4.69, 9.17) is 11.6 Å². The van der Waals surface area contributed by atoms with Crippen molar-refractivity contribution in [2.24, 2.45) is 0 Å². The molecular weight excluding hydrogens is 406 g/mol. The largest absolute Gasteiger partial charge is 0.234 e. The first-order valence-electron chi connectivity index (χ1n) is 8.51. The van der Waals surface area contributed by atoms with Gasteiger partial charge in [-0.05, 0) is 36.6 Å². The molecule has 1 saturated heterocycles. The molecule has 1 aliphatic heterocycles.